The number of fused-ring (bicyclic) bond motifs is 1. The highest BCUT2D eigenvalue weighted by Gasteiger charge is 2.18. The molecule has 0 unspecified atom stereocenters. The molecule has 2 N–H and O–H groups in total. The molecular weight excluding hydrogens is 498 g/mol. The molecular formula is C30H32ClN5O2. The Labute approximate surface area is 228 Å². The molecule has 8 heteroatoms. The summed E-state index contributed by atoms with van der Waals surface area (Å²) in [6.45, 7) is 10.5. The summed E-state index contributed by atoms with van der Waals surface area (Å²) in [6, 6.07) is 17.6. The van der Waals surface area contributed by atoms with Crippen molar-refractivity contribution in [1.82, 2.24) is 14.9 Å². The summed E-state index contributed by atoms with van der Waals surface area (Å²) in [6.07, 6.45) is 3.66. The molecule has 0 spiro atoms. The van der Waals surface area contributed by atoms with E-state index in [1.165, 1.54) is 0 Å². The number of urea groups is 1. The minimum absolute atomic E-state index is 0.119. The number of nitrogens with zero attached hydrogens (tertiary/aromatic N) is 3. The van der Waals surface area contributed by atoms with Gasteiger partial charge in [0.1, 0.15) is 0 Å². The first-order valence-corrected chi connectivity index (χ1v) is 13.2. The van der Waals surface area contributed by atoms with Crippen LogP contribution in [0.5, 0.6) is 0 Å². The Kier molecular flexibility index (Phi) is 7.61. The number of benzene rings is 2. The summed E-state index contributed by atoms with van der Waals surface area (Å²) >= 11 is 6.27. The van der Waals surface area contributed by atoms with Crippen molar-refractivity contribution in [2.24, 2.45) is 0 Å². The van der Waals surface area contributed by atoms with E-state index in [-0.39, 0.29) is 16.6 Å². The lowest BCUT2D eigenvalue weighted by atomic mass is 9.88. The molecule has 38 heavy (non-hydrogen) atoms. The molecule has 7 nitrogen and oxygen atoms in total. The predicted octanol–water partition coefficient (Wildman–Crippen LogP) is 6.72. The number of ether oxygens (including phenoxy) is 1. The minimum atomic E-state index is -0.383. The van der Waals surface area contributed by atoms with Crippen LogP contribution in [-0.4, -0.2) is 47.2 Å². The summed E-state index contributed by atoms with van der Waals surface area (Å²) in [4.78, 5) is 24.3. The van der Waals surface area contributed by atoms with Gasteiger partial charge < -0.3 is 15.4 Å². The van der Waals surface area contributed by atoms with Crippen LogP contribution in [0.3, 0.4) is 0 Å². The first-order valence-electron chi connectivity index (χ1n) is 12.8. The number of anilines is 2. The minimum Gasteiger partial charge on any atom is -0.379 e. The van der Waals surface area contributed by atoms with Crippen LogP contribution in [0.2, 0.25) is 5.15 Å². The Bertz CT molecular complexity index is 1440. The van der Waals surface area contributed by atoms with E-state index in [0.717, 1.165) is 66.0 Å². The second kappa shape index (κ2) is 11.1. The molecule has 0 atom stereocenters. The SMILES string of the molecule is CC(C)(C)c1cnc(Cl)c(NC(=O)Nc2ccc(-c3ccc(CN4CCOCC4)nc3)c3ccccc23)c1. The topological polar surface area (TPSA) is 79.4 Å². The van der Waals surface area contributed by atoms with E-state index >= 15 is 0 Å². The molecule has 0 bridgehead atoms. The van der Waals surface area contributed by atoms with Gasteiger partial charge in [-0.3, -0.25) is 9.88 Å². The second-order valence-electron chi connectivity index (χ2n) is 10.5. The van der Waals surface area contributed by atoms with Crippen LogP contribution in [0, 0.1) is 0 Å². The summed E-state index contributed by atoms with van der Waals surface area (Å²) < 4.78 is 5.44. The molecule has 1 aliphatic heterocycles. The van der Waals surface area contributed by atoms with Gasteiger partial charge in [0.2, 0.25) is 0 Å². The Balaban J connectivity index is 1.36. The van der Waals surface area contributed by atoms with Crippen molar-refractivity contribution in [1.29, 1.82) is 0 Å². The van der Waals surface area contributed by atoms with Gasteiger partial charge in [-0.05, 0) is 40.1 Å². The molecule has 1 aliphatic rings. The van der Waals surface area contributed by atoms with E-state index in [9.17, 15) is 4.79 Å². The monoisotopic (exact) mass is 529 g/mol. The van der Waals surface area contributed by atoms with Gasteiger partial charge in [-0.25, -0.2) is 9.78 Å². The lowest BCUT2D eigenvalue weighted by Crippen LogP contribution is -2.35. The first-order chi connectivity index (χ1) is 18.3. The van der Waals surface area contributed by atoms with Crippen molar-refractivity contribution < 1.29 is 9.53 Å². The highest BCUT2D eigenvalue weighted by molar-refractivity contribution is 6.32. The number of carbonyl (C=O) groups excluding carboxylic acids is 1. The van der Waals surface area contributed by atoms with Gasteiger partial charge in [-0.1, -0.05) is 68.8 Å². The lowest BCUT2D eigenvalue weighted by molar-refractivity contribution is 0.0336. The standard InChI is InChI=1S/C30H32ClN5O2/c1-30(2,3)21-16-27(28(31)33-18-21)35-29(37)34-26-11-10-23(24-6-4-5-7-25(24)26)20-8-9-22(32-17-20)19-36-12-14-38-15-13-36/h4-11,16-18H,12-15,19H2,1-3H3,(H2,34,35,37). The second-order valence-corrected chi connectivity index (χ2v) is 10.9. The zero-order valence-corrected chi connectivity index (χ0v) is 22.7. The number of amides is 2. The molecule has 1 fully saturated rings. The van der Waals surface area contributed by atoms with Crippen molar-refractivity contribution in [3.63, 3.8) is 0 Å². The lowest BCUT2D eigenvalue weighted by Gasteiger charge is -2.26. The van der Waals surface area contributed by atoms with Crippen molar-refractivity contribution in [2.75, 3.05) is 36.9 Å². The van der Waals surface area contributed by atoms with Gasteiger partial charge in [-0.15, -0.1) is 0 Å². The number of carbonyl (C=O) groups is 1. The fourth-order valence-electron chi connectivity index (χ4n) is 4.55. The normalized spacial score (nSPS) is 14.4. The number of rotatable bonds is 5. The maximum Gasteiger partial charge on any atom is 0.323 e. The van der Waals surface area contributed by atoms with Gasteiger partial charge in [-0.2, -0.15) is 0 Å². The number of pyridine rings is 2. The van der Waals surface area contributed by atoms with Crippen LogP contribution in [0.25, 0.3) is 21.9 Å². The molecule has 0 aliphatic carbocycles. The molecule has 3 heterocycles. The van der Waals surface area contributed by atoms with Crippen molar-refractivity contribution in [3.8, 4) is 11.1 Å². The molecule has 2 aromatic heterocycles. The van der Waals surface area contributed by atoms with Gasteiger partial charge >= 0.3 is 6.03 Å². The number of hydrogen-bond acceptors (Lipinski definition) is 5. The first kappa shape index (κ1) is 26.1. The number of aromatic nitrogens is 2. The fraction of sp³-hybridized carbons (Fsp3) is 0.300. The Morgan fingerprint density at radius 2 is 1.68 bits per heavy atom. The van der Waals surface area contributed by atoms with E-state index in [1.54, 1.807) is 6.20 Å². The number of hydrogen-bond donors (Lipinski definition) is 2. The Morgan fingerprint density at radius 3 is 2.39 bits per heavy atom. The van der Waals surface area contributed by atoms with Crippen LogP contribution < -0.4 is 10.6 Å². The third-order valence-corrected chi connectivity index (χ3v) is 7.05. The zero-order chi connectivity index (χ0) is 26.7. The van der Waals surface area contributed by atoms with Crippen molar-refractivity contribution in [2.45, 2.75) is 32.7 Å². The summed E-state index contributed by atoms with van der Waals surface area (Å²) in [5.74, 6) is 0. The molecule has 4 aromatic rings. The van der Waals surface area contributed by atoms with E-state index < -0.39 is 0 Å². The Morgan fingerprint density at radius 1 is 0.947 bits per heavy atom. The molecule has 1 saturated heterocycles. The molecule has 5 rings (SSSR count). The maximum atomic E-state index is 13.0. The van der Waals surface area contributed by atoms with Gasteiger partial charge in [0.15, 0.2) is 5.15 Å². The smallest absolute Gasteiger partial charge is 0.323 e. The Hall–Kier alpha value is -3.52. The molecule has 2 aromatic carbocycles. The summed E-state index contributed by atoms with van der Waals surface area (Å²) in [5.41, 5.74) is 5.17. The summed E-state index contributed by atoms with van der Waals surface area (Å²) in [5, 5.41) is 8.05. The number of morpholine rings is 1. The van der Waals surface area contributed by atoms with Crippen LogP contribution in [-0.2, 0) is 16.7 Å². The third-order valence-electron chi connectivity index (χ3n) is 6.75. The van der Waals surface area contributed by atoms with E-state index in [1.807, 2.05) is 42.6 Å². The maximum absolute atomic E-state index is 13.0. The van der Waals surface area contributed by atoms with Gasteiger partial charge in [0, 0.05) is 43.0 Å². The van der Waals surface area contributed by atoms with Crippen molar-refractivity contribution in [3.05, 3.63) is 83.4 Å². The van der Waals surface area contributed by atoms with Crippen LogP contribution in [0.1, 0.15) is 32.0 Å². The van der Waals surface area contributed by atoms with E-state index in [4.69, 9.17) is 21.3 Å². The molecule has 196 valence electrons. The largest absolute Gasteiger partial charge is 0.379 e. The van der Waals surface area contributed by atoms with Crippen LogP contribution >= 0.6 is 11.6 Å². The third kappa shape index (κ3) is 5.96. The van der Waals surface area contributed by atoms with E-state index in [0.29, 0.717) is 11.4 Å². The molecule has 0 radical (unpaired) electrons. The van der Waals surface area contributed by atoms with Crippen LogP contribution in [0.15, 0.2) is 67.0 Å². The van der Waals surface area contributed by atoms with Crippen LogP contribution in [0.4, 0.5) is 16.2 Å². The number of halogens is 1. The number of nitrogens with one attached hydrogen (secondary N) is 2. The quantitative estimate of drug-likeness (QED) is 0.280. The predicted molar refractivity (Wildman–Crippen MR) is 154 cm³/mol. The van der Waals surface area contributed by atoms with E-state index in [2.05, 4.69) is 59.5 Å². The van der Waals surface area contributed by atoms with Crippen molar-refractivity contribution >= 4 is 39.8 Å². The molecule has 0 saturated carbocycles. The molecule has 2 amide bonds. The van der Waals surface area contributed by atoms with Gasteiger partial charge in [0.25, 0.3) is 0 Å². The fourth-order valence-corrected chi connectivity index (χ4v) is 4.70. The highest BCUT2D eigenvalue weighted by Crippen LogP contribution is 2.34. The van der Waals surface area contributed by atoms with Gasteiger partial charge in [0.05, 0.1) is 30.3 Å². The average molecular weight is 530 g/mol. The summed E-state index contributed by atoms with van der Waals surface area (Å²) in [7, 11) is 0. The zero-order valence-electron chi connectivity index (χ0n) is 21.9. The average Bonchev–Trinajstić information content (AvgIpc) is 2.91. The highest BCUT2D eigenvalue weighted by atomic mass is 35.5.